The number of hydrogen-bond acceptors (Lipinski definition) is 3. The van der Waals surface area contributed by atoms with Gasteiger partial charge in [0.15, 0.2) is 0 Å². The molecule has 0 aliphatic carbocycles. The molecule has 0 aromatic heterocycles. The van der Waals surface area contributed by atoms with E-state index in [9.17, 15) is 9.18 Å². The number of aryl methyl sites for hydroxylation is 1. The lowest BCUT2D eigenvalue weighted by Crippen LogP contribution is -2.48. The summed E-state index contributed by atoms with van der Waals surface area (Å²) in [6.07, 6.45) is 0. The van der Waals surface area contributed by atoms with Gasteiger partial charge < -0.3 is 10.2 Å². The van der Waals surface area contributed by atoms with Crippen LogP contribution in [0.15, 0.2) is 42.5 Å². The third-order valence-electron chi connectivity index (χ3n) is 5.09. The lowest BCUT2D eigenvalue weighted by atomic mass is 10.0. The zero-order valence-corrected chi connectivity index (χ0v) is 16.5. The van der Waals surface area contributed by atoms with Crippen LogP contribution >= 0.6 is 11.6 Å². The van der Waals surface area contributed by atoms with Gasteiger partial charge in [-0.05, 0) is 31.7 Å². The van der Waals surface area contributed by atoms with E-state index in [1.165, 1.54) is 23.8 Å². The van der Waals surface area contributed by atoms with Crippen molar-refractivity contribution >= 4 is 17.5 Å². The average molecular weight is 390 g/mol. The Morgan fingerprint density at radius 1 is 1.15 bits per heavy atom. The van der Waals surface area contributed by atoms with Crippen molar-refractivity contribution in [1.29, 1.82) is 0 Å². The van der Waals surface area contributed by atoms with Gasteiger partial charge in [-0.1, -0.05) is 47.5 Å². The maximum Gasteiger partial charge on any atom is 0.255 e. The molecule has 3 rings (SSSR count). The highest BCUT2D eigenvalue weighted by molar-refractivity contribution is 6.33. The number of nitrogens with one attached hydrogen (secondary N) is 1. The molecule has 6 heteroatoms. The third-order valence-corrected chi connectivity index (χ3v) is 5.40. The van der Waals surface area contributed by atoms with Crippen LogP contribution in [0.3, 0.4) is 0 Å². The summed E-state index contributed by atoms with van der Waals surface area (Å²) in [7, 11) is 2.11. The lowest BCUT2D eigenvalue weighted by molar-refractivity contribution is 0.0883. The first-order chi connectivity index (χ1) is 13.0. The molecule has 0 saturated carbocycles. The van der Waals surface area contributed by atoms with Gasteiger partial charge in [-0.2, -0.15) is 0 Å². The standard InChI is InChI=1S/C21H25ClFN3O/c1-15-6-8-16(9-7-15)19(26-12-10-25(2)11-13-26)14-24-21(27)20-17(22)4-3-5-18(20)23/h3-9,19H,10-14H2,1-2H3,(H,24,27)/t19-/m0/s1. The van der Waals surface area contributed by atoms with Crippen LogP contribution in [0.25, 0.3) is 0 Å². The number of rotatable bonds is 5. The lowest BCUT2D eigenvalue weighted by Gasteiger charge is -2.38. The van der Waals surface area contributed by atoms with E-state index in [-0.39, 0.29) is 16.6 Å². The van der Waals surface area contributed by atoms with Gasteiger partial charge in [0, 0.05) is 32.7 Å². The monoisotopic (exact) mass is 389 g/mol. The molecule has 0 spiro atoms. The normalized spacial score (nSPS) is 16.9. The maximum atomic E-state index is 14.0. The molecule has 1 aliphatic rings. The van der Waals surface area contributed by atoms with Crippen molar-refractivity contribution in [2.75, 3.05) is 39.8 Å². The Hall–Kier alpha value is -1.95. The quantitative estimate of drug-likeness (QED) is 0.850. The molecular formula is C21H25ClFN3O. The Bertz CT molecular complexity index is 768. The van der Waals surface area contributed by atoms with Gasteiger partial charge in [-0.3, -0.25) is 9.69 Å². The van der Waals surface area contributed by atoms with Crippen LogP contribution in [0.1, 0.15) is 27.5 Å². The molecule has 1 fully saturated rings. The minimum absolute atomic E-state index is 0.0359. The summed E-state index contributed by atoms with van der Waals surface area (Å²) in [4.78, 5) is 17.2. The fourth-order valence-electron chi connectivity index (χ4n) is 3.37. The number of piperazine rings is 1. The van der Waals surface area contributed by atoms with E-state index >= 15 is 0 Å². The van der Waals surface area contributed by atoms with Crippen molar-refractivity contribution in [3.8, 4) is 0 Å². The highest BCUT2D eigenvalue weighted by atomic mass is 35.5. The fraction of sp³-hybridized carbons (Fsp3) is 0.381. The molecule has 0 bridgehead atoms. The molecule has 0 unspecified atom stereocenters. The van der Waals surface area contributed by atoms with Crippen molar-refractivity contribution in [3.05, 3.63) is 70.0 Å². The van der Waals surface area contributed by atoms with E-state index in [0.717, 1.165) is 31.7 Å². The Balaban J connectivity index is 1.77. The van der Waals surface area contributed by atoms with Crippen LogP contribution < -0.4 is 5.32 Å². The smallest absolute Gasteiger partial charge is 0.255 e. The number of carbonyl (C=O) groups is 1. The molecule has 1 atom stereocenters. The zero-order valence-electron chi connectivity index (χ0n) is 15.7. The fourth-order valence-corrected chi connectivity index (χ4v) is 3.62. The minimum atomic E-state index is -0.605. The van der Waals surface area contributed by atoms with Crippen LogP contribution in [0, 0.1) is 12.7 Å². The van der Waals surface area contributed by atoms with Crippen molar-refractivity contribution in [1.82, 2.24) is 15.1 Å². The average Bonchev–Trinajstić information content (AvgIpc) is 2.64. The predicted molar refractivity (Wildman–Crippen MR) is 107 cm³/mol. The number of halogens is 2. The van der Waals surface area contributed by atoms with Crippen molar-refractivity contribution < 1.29 is 9.18 Å². The van der Waals surface area contributed by atoms with Crippen LogP contribution in [-0.4, -0.2) is 55.5 Å². The van der Waals surface area contributed by atoms with Gasteiger partial charge in [-0.25, -0.2) is 4.39 Å². The Morgan fingerprint density at radius 3 is 2.44 bits per heavy atom. The van der Waals surface area contributed by atoms with Crippen molar-refractivity contribution in [3.63, 3.8) is 0 Å². The Morgan fingerprint density at radius 2 is 1.81 bits per heavy atom. The van der Waals surface area contributed by atoms with E-state index in [2.05, 4.69) is 53.4 Å². The summed E-state index contributed by atoms with van der Waals surface area (Å²) in [5.41, 5.74) is 2.24. The summed E-state index contributed by atoms with van der Waals surface area (Å²) < 4.78 is 14.0. The van der Waals surface area contributed by atoms with Gasteiger partial charge in [0.05, 0.1) is 16.6 Å². The molecule has 144 valence electrons. The summed E-state index contributed by atoms with van der Waals surface area (Å²) in [5.74, 6) is -1.09. The summed E-state index contributed by atoms with van der Waals surface area (Å²) in [5, 5.41) is 3.01. The second kappa shape index (κ2) is 8.83. The second-order valence-corrected chi connectivity index (χ2v) is 7.48. The third kappa shape index (κ3) is 4.86. The summed E-state index contributed by atoms with van der Waals surface area (Å²) in [6, 6.07) is 12.7. The van der Waals surface area contributed by atoms with E-state index in [1.807, 2.05) is 0 Å². The molecule has 4 nitrogen and oxygen atoms in total. The molecule has 1 N–H and O–H groups in total. The number of benzene rings is 2. The van der Waals surface area contributed by atoms with Crippen LogP contribution in [0.4, 0.5) is 4.39 Å². The highest BCUT2D eigenvalue weighted by Crippen LogP contribution is 2.23. The maximum absolute atomic E-state index is 14.0. The number of carbonyl (C=O) groups excluding carboxylic acids is 1. The van der Waals surface area contributed by atoms with Gasteiger partial charge in [0.2, 0.25) is 0 Å². The van der Waals surface area contributed by atoms with Gasteiger partial charge in [0.1, 0.15) is 5.82 Å². The number of amides is 1. The van der Waals surface area contributed by atoms with Crippen molar-refractivity contribution in [2.45, 2.75) is 13.0 Å². The van der Waals surface area contributed by atoms with E-state index in [0.29, 0.717) is 6.54 Å². The molecular weight excluding hydrogens is 365 g/mol. The first-order valence-corrected chi connectivity index (χ1v) is 9.55. The van der Waals surface area contributed by atoms with Gasteiger partial charge >= 0.3 is 0 Å². The Labute approximate surface area is 164 Å². The summed E-state index contributed by atoms with van der Waals surface area (Å²) >= 11 is 6.02. The molecule has 1 saturated heterocycles. The first-order valence-electron chi connectivity index (χ1n) is 9.17. The van der Waals surface area contributed by atoms with E-state index < -0.39 is 11.7 Å². The molecule has 27 heavy (non-hydrogen) atoms. The number of nitrogens with zero attached hydrogens (tertiary/aromatic N) is 2. The second-order valence-electron chi connectivity index (χ2n) is 7.07. The predicted octanol–water partition coefficient (Wildman–Crippen LogP) is 3.51. The summed E-state index contributed by atoms with van der Waals surface area (Å²) in [6.45, 7) is 6.26. The first kappa shape index (κ1) is 19.8. The van der Waals surface area contributed by atoms with Gasteiger partial charge in [-0.15, -0.1) is 0 Å². The SMILES string of the molecule is Cc1ccc([C@H](CNC(=O)c2c(F)cccc2Cl)N2CCN(C)CC2)cc1. The van der Waals surface area contributed by atoms with Crippen LogP contribution in [-0.2, 0) is 0 Å². The van der Waals surface area contributed by atoms with E-state index in [1.54, 1.807) is 0 Å². The molecule has 1 amide bonds. The molecule has 2 aromatic carbocycles. The zero-order chi connectivity index (χ0) is 19.4. The largest absolute Gasteiger partial charge is 0.350 e. The van der Waals surface area contributed by atoms with Gasteiger partial charge in [0.25, 0.3) is 5.91 Å². The molecule has 0 radical (unpaired) electrons. The Kier molecular flexibility index (Phi) is 6.47. The molecule has 1 heterocycles. The van der Waals surface area contributed by atoms with Crippen molar-refractivity contribution in [2.24, 2.45) is 0 Å². The highest BCUT2D eigenvalue weighted by Gasteiger charge is 2.25. The number of likely N-dealkylation sites (N-methyl/N-ethyl adjacent to an activating group) is 1. The molecule has 2 aromatic rings. The number of hydrogen-bond donors (Lipinski definition) is 1. The minimum Gasteiger partial charge on any atom is -0.350 e. The molecule has 1 aliphatic heterocycles. The van der Waals surface area contributed by atoms with Crippen LogP contribution in [0.2, 0.25) is 5.02 Å². The topological polar surface area (TPSA) is 35.6 Å². The van der Waals surface area contributed by atoms with Crippen LogP contribution in [0.5, 0.6) is 0 Å². The van der Waals surface area contributed by atoms with E-state index in [4.69, 9.17) is 11.6 Å².